The molecule has 2 heterocycles. The first-order valence-electron chi connectivity index (χ1n) is 11.9. The number of nitriles is 1. The lowest BCUT2D eigenvalue weighted by molar-refractivity contribution is 0.179. The zero-order valence-electron chi connectivity index (χ0n) is 18.3. The fourth-order valence-corrected chi connectivity index (χ4v) is 6.71. The molecule has 2 saturated carbocycles. The van der Waals surface area contributed by atoms with Gasteiger partial charge in [0.25, 0.3) is 0 Å². The number of anilines is 1. The summed E-state index contributed by atoms with van der Waals surface area (Å²) in [5.41, 5.74) is 3.80. The minimum atomic E-state index is -0.416. The molecular weight excluding hydrogens is 399 g/mol. The molecule has 0 amide bonds. The van der Waals surface area contributed by atoms with Crippen LogP contribution >= 0.6 is 0 Å². The van der Waals surface area contributed by atoms with E-state index in [-0.39, 0.29) is 5.56 Å². The lowest BCUT2D eigenvalue weighted by atomic mass is 9.93. The molecule has 2 aliphatic carbocycles. The summed E-state index contributed by atoms with van der Waals surface area (Å²) in [6, 6.07) is 16.3. The highest BCUT2D eigenvalue weighted by atomic mass is 19.1. The Bertz CT molecular complexity index is 1160. The van der Waals surface area contributed by atoms with Crippen LogP contribution in [0, 0.1) is 29.0 Å². The normalized spacial score (nSPS) is 28.2. The molecular formula is C27H29FN4. The largest absolute Gasteiger partial charge is 0.369 e. The van der Waals surface area contributed by atoms with Crippen LogP contribution in [0.25, 0.3) is 10.9 Å². The van der Waals surface area contributed by atoms with E-state index in [4.69, 9.17) is 5.26 Å². The maximum Gasteiger partial charge on any atom is 0.143 e. The van der Waals surface area contributed by atoms with Gasteiger partial charge in [-0.25, -0.2) is 4.39 Å². The van der Waals surface area contributed by atoms with E-state index in [0.29, 0.717) is 12.0 Å². The van der Waals surface area contributed by atoms with Gasteiger partial charge >= 0.3 is 0 Å². The highest BCUT2D eigenvalue weighted by Crippen LogP contribution is 2.52. The predicted octanol–water partition coefficient (Wildman–Crippen LogP) is 5.27. The van der Waals surface area contributed by atoms with Crippen LogP contribution in [0.15, 0.2) is 48.7 Å². The Morgan fingerprint density at radius 1 is 0.938 bits per heavy atom. The number of H-pyrrole nitrogens is 1. The molecule has 3 aliphatic rings. The molecule has 1 aromatic heterocycles. The third-order valence-electron chi connectivity index (χ3n) is 8.32. The fourth-order valence-electron chi connectivity index (χ4n) is 6.71. The Labute approximate surface area is 188 Å². The van der Waals surface area contributed by atoms with Gasteiger partial charge in [-0.3, -0.25) is 4.90 Å². The zero-order chi connectivity index (χ0) is 21.7. The number of nitrogens with one attached hydrogen (secondary N) is 1. The molecule has 2 aromatic carbocycles. The van der Waals surface area contributed by atoms with E-state index < -0.39 is 5.82 Å². The Morgan fingerprint density at radius 2 is 1.69 bits per heavy atom. The quantitative estimate of drug-likeness (QED) is 0.618. The maximum atomic E-state index is 14.0. The highest BCUT2D eigenvalue weighted by Gasteiger charge is 2.44. The molecule has 6 rings (SSSR count). The first-order chi connectivity index (χ1) is 15.7. The number of hydrogen-bond acceptors (Lipinski definition) is 3. The summed E-state index contributed by atoms with van der Waals surface area (Å²) in [6.45, 7) is 3.93. The van der Waals surface area contributed by atoms with Gasteiger partial charge in [0.1, 0.15) is 11.9 Å². The van der Waals surface area contributed by atoms with Gasteiger partial charge in [-0.1, -0.05) is 18.2 Å². The second-order valence-electron chi connectivity index (χ2n) is 9.90. The second-order valence-corrected chi connectivity index (χ2v) is 9.90. The SMILES string of the molecule is N#Cc1ccc(N2CCN(C3C[C@H]4CC(c5c[nH]c6ccccc56)C[C@H]4C3)CC2)cc1F. The molecule has 3 fully saturated rings. The molecule has 0 spiro atoms. The van der Waals surface area contributed by atoms with E-state index >= 15 is 0 Å². The summed E-state index contributed by atoms with van der Waals surface area (Å²) < 4.78 is 14.0. The van der Waals surface area contributed by atoms with E-state index in [2.05, 4.69) is 45.2 Å². The van der Waals surface area contributed by atoms with E-state index in [0.717, 1.165) is 43.7 Å². The van der Waals surface area contributed by atoms with Crippen molar-refractivity contribution in [3.8, 4) is 6.07 Å². The summed E-state index contributed by atoms with van der Waals surface area (Å²) in [7, 11) is 0. The smallest absolute Gasteiger partial charge is 0.143 e. The average molecular weight is 429 g/mol. The molecule has 0 bridgehead atoms. The van der Waals surface area contributed by atoms with Gasteiger partial charge in [0.2, 0.25) is 0 Å². The number of fused-ring (bicyclic) bond motifs is 2. The van der Waals surface area contributed by atoms with Crippen LogP contribution in [-0.2, 0) is 0 Å². The van der Waals surface area contributed by atoms with Crippen molar-refractivity contribution in [3.63, 3.8) is 0 Å². The maximum absolute atomic E-state index is 14.0. The van der Waals surface area contributed by atoms with Gasteiger partial charge in [0, 0.05) is 55.0 Å². The van der Waals surface area contributed by atoms with Crippen LogP contribution in [0.2, 0.25) is 0 Å². The molecule has 1 aliphatic heterocycles. The topological polar surface area (TPSA) is 46.1 Å². The summed E-state index contributed by atoms with van der Waals surface area (Å²) in [4.78, 5) is 8.40. The second kappa shape index (κ2) is 7.94. The molecule has 5 heteroatoms. The van der Waals surface area contributed by atoms with Gasteiger partial charge in [0.15, 0.2) is 0 Å². The standard InChI is InChI=1S/C27H29FN4/c28-26-15-22(6-5-18(26)16-29)31-7-9-32(10-8-31)23-13-19-11-21(12-20(19)14-23)25-17-30-27-4-2-1-3-24(25)27/h1-6,15,17,19-21,23,30H,7-14H2/t19-,20+,21?,23?. The van der Waals surface area contributed by atoms with Crippen LogP contribution in [0.4, 0.5) is 10.1 Å². The fraction of sp³-hybridized carbons (Fsp3) is 0.444. The van der Waals surface area contributed by atoms with Crippen molar-refractivity contribution in [2.45, 2.75) is 37.6 Å². The summed E-state index contributed by atoms with van der Waals surface area (Å²) in [6.07, 6.45) is 7.56. The van der Waals surface area contributed by atoms with E-state index in [9.17, 15) is 4.39 Å². The van der Waals surface area contributed by atoms with Crippen LogP contribution in [-0.4, -0.2) is 42.1 Å². The number of piperazine rings is 1. The van der Waals surface area contributed by atoms with Crippen molar-refractivity contribution >= 4 is 16.6 Å². The molecule has 3 aromatic rings. The monoisotopic (exact) mass is 428 g/mol. The molecule has 4 nitrogen and oxygen atoms in total. The van der Waals surface area contributed by atoms with Crippen LogP contribution in [0.3, 0.4) is 0 Å². The Balaban J connectivity index is 1.06. The number of benzene rings is 2. The Morgan fingerprint density at radius 3 is 2.41 bits per heavy atom. The van der Waals surface area contributed by atoms with Crippen molar-refractivity contribution in [2.24, 2.45) is 11.8 Å². The molecule has 1 N–H and O–H groups in total. The van der Waals surface area contributed by atoms with Gasteiger partial charge in [0.05, 0.1) is 5.56 Å². The molecule has 164 valence electrons. The van der Waals surface area contributed by atoms with E-state index in [1.54, 1.807) is 6.07 Å². The predicted molar refractivity (Wildman–Crippen MR) is 125 cm³/mol. The minimum absolute atomic E-state index is 0.121. The molecule has 4 atom stereocenters. The molecule has 1 saturated heterocycles. The number of rotatable bonds is 3. The van der Waals surface area contributed by atoms with Gasteiger partial charge in [-0.2, -0.15) is 5.26 Å². The number of aromatic amines is 1. The number of hydrogen-bond donors (Lipinski definition) is 1. The van der Waals surface area contributed by atoms with E-state index in [1.165, 1.54) is 48.2 Å². The van der Waals surface area contributed by atoms with Crippen molar-refractivity contribution in [2.75, 3.05) is 31.1 Å². The summed E-state index contributed by atoms with van der Waals surface area (Å²) >= 11 is 0. The lowest BCUT2D eigenvalue weighted by Gasteiger charge is -2.39. The van der Waals surface area contributed by atoms with Gasteiger partial charge in [-0.15, -0.1) is 0 Å². The first kappa shape index (κ1) is 19.8. The van der Waals surface area contributed by atoms with Crippen molar-refractivity contribution in [1.82, 2.24) is 9.88 Å². The third-order valence-corrected chi connectivity index (χ3v) is 8.32. The van der Waals surface area contributed by atoms with Crippen molar-refractivity contribution < 1.29 is 4.39 Å². The Kier molecular flexibility index (Phi) is 4.91. The first-order valence-corrected chi connectivity index (χ1v) is 11.9. The highest BCUT2D eigenvalue weighted by molar-refractivity contribution is 5.83. The Hall–Kier alpha value is -2.84. The van der Waals surface area contributed by atoms with Crippen LogP contribution in [0.1, 0.15) is 42.7 Å². The number of para-hydroxylation sites is 1. The van der Waals surface area contributed by atoms with Gasteiger partial charge in [-0.05, 0) is 73.3 Å². The molecule has 32 heavy (non-hydrogen) atoms. The van der Waals surface area contributed by atoms with Gasteiger partial charge < -0.3 is 9.88 Å². The average Bonchev–Trinajstić information content (AvgIpc) is 3.52. The summed E-state index contributed by atoms with van der Waals surface area (Å²) in [5.74, 6) is 1.99. The number of halogens is 1. The molecule has 2 unspecified atom stereocenters. The minimum Gasteiger partial charge on any atom is -0.369 e. The zero-order valence-corrected chi connectivity index (χ0v) is 18.3. The van der Waals surface area contributed by atoms with Crippen LogP contribution in [0.5, 0.6) is 0 Å². The lowest BCUT2D eigenvalue weighted by Crippen LogP contribution is -2.50. The molecule has 0 radical (unpaired) electrons. The number of nitrogens with zero attached hydrogens (tertiary/aromatic N) is 3. The number of aromatic nitrogens is 1. The van der Waals surface area contributed by atoms with Crippen molar-refractivity contribution in [3.05, 3.63) is 65.6 Å². The summed E-state index contributed by atoms with van der Waals surface area (Å²) in [5, 5.41) is 10.4. The van der Waals surface area contributed by atoms with E-state index in [1.807, 2.05) is 12.1 Å². The third kappa shape index (κ3) is 3.38. The van der Waals surface area contributed by atoms with Crippen molar-refractivity contribution in [1.29, 1.82) is 5.26 Å². The van der Waals surface area contributed by atoms with Crippen LogP contribution < -0.4 is 4.90 Å².